The summed E-state index contributed by atoms with van der Waals surface area (Å²) in [6.45, 7) is 1.84. The number of carbonyl (C=O) groups is 1. The lowest BCUT2D eigenvalue weighted by molar-refractivity contribution is 0.251. The van der Waals surface area contributed by atoms with Crippen LogP contribution in [0.15, 0.2) is 18.5 Å². The fraction of sp³-hybridized carbons (Fsp3) is 0.125. The van der Waals surface area contributed by atoms with Crippen LogP contribution in [-0.4, -0.2) is 20.6 Å². The number of aryl methyl sites for hydroxylation is 1. The van der Waals surface area contributed by atoms with Gasteiger partial charge in [0.25, 0.3) is 0 Å². The molecule has 2 aromatic rings. The van der Waals surface area contributed by atoms with Crippen molar-refractivity contribution in [3.05, 3.63) is 24.2 Å². The number of nitrogens with two attached hydrogens (primary N) is 1. The van der Waals surface area contributed by atoms with E-state index in [1.807, 2.05) is 6.92 Å². The summed E-state index contributed by atoms with van der Waals surface area (Å²) in [5.74, 6) is 0. The Balaban J connectivity index is 2.76. The van der Waals surface area contributed by atoms with Crippen molar-refractivity contribution in [3.63, 3.8) is 0 Å². The van der Waals surface area contributed by atoms with Crippen LogP contribution in [0.5, 0.6) is 0 Å². The summed E-state index contributed by atoms with van der Waals surface area (Å²) in [6, 6.07) is 1.16. The minimum Gasteiger partial charge on any atom is -0.351 e. The molecule has 5 heteroatoms. The smallest absolute Gasteiger partial charge is 0.324 e. The second-order valence-electron chi connectivity index (χ2n) is 2.74. The van der Waals surface area contributed by atoms with Crippen molar-refractivity contribution in [1.29, 1.82) is 0 Å². The maximum Gasteiger partial charge on any atom is 0.324 e. The average molecular weight is 176 g/mol. The summed E-state index contributed by atoms with van der Waals surface area (Å²) in [5, 5.41) is 0. The largest absolute Gasteiger partial charge is 0.351 e. The maximum absolute atomic E-state index is 10.9. The first-order valence-electron chi connectivity index (χ1n) is 3.79. The molecule has 2 rings (SSSR count). The molecule has 0 spiro atoms. The molecular formula is C8H8N4O. The third-order valence-corrected chi connectivity index (χ3v) is 1.75. The third-order valence-electron chi connectivity index (χ3n) is 1.75. The van der Waals surface area contributed by atoms with Gasteiger partial charge in [-0.1, -0.05) is 0 Å². The quantitative estimate of drug-likeness (QED) is 0.641. The number of fused-ring (bicyclic) bond motifs is 1. The number of hydrogen-bond donors (Lipinski definition) is 1. The Hall–Kier alpha value is -1.91. The second kappa shape index (κ2) is 2.55. The minimum absolute atomic E-state index is 0.498. The van der Waals surface area contributed by atoms with E-state index >= 15 is 0 Å². The topological polar surface area (TPSA) is 73.8 Å². The van der Waals surface area contributed by atoms with Crippen molar-refractivity contribution in [3.8, 4) is 0 Å². The molecule has 5 nitrogen and oxygen atoms in total. The monoisotopic (exact) mass is 176 g/mol. The lowest BCUT2D eigenvalue weighted by atomic mass is 10.4. The SMILES string of the molecule is Cc1cnc2c(ccn2C(N)=O)n1. The summed E-state index contributed by atoms with van der Waals surface area (Å²) in [5.41, 5.74) is 7.11. The third kappa shape index (κ3) is 1.14. The van der Waals surface area contributed by atoms with Crippen LogP contribution in [0.2, 0.25) is 0 Å². The molecular weight excluding hydrogens is 168 g/mol. The van der Waals surface area contributed by atoms with Crippen molar-refractivity contribution in [1.82, 2.24) is 14.5 Å². The molecule has 0 aliphatic carbocycles. The Morgan fingerprint density at radius 2 is 2.38 bits per heavy atom. The Morgan fingerprint density at radius 1 is 1.62 bits per heavy atom. The number of hydrogen-bond acceptors (Lipinski definition) is 3. The standard InChI is InChI=1S/C8H8N4O/c1-5-4-10-7-6(11-5)2-3-12(7)8(9)13/h2-4H,1H3,(H2,9,13). The summed E-state index contributed by atoms with van der Waals surface area (Å²) < 4.78 is 1.27. The molecule has 0 aliphatic rings. The van der Waals surface area contributed by atoms with E-state index in [2.05, 4.69) is 9.97 Å². The van der Waals surface area contributed by atoms with Crippen molar-refractivity contribution < 1.29 is 4.79 Å². The van der Waals surface area contributed by atoms with E-state index in [-0.39, 0.29) is 0 Å². The van der Waals surface area contributed by atoms with E-state index in [0.29, 0.717) is 11.2 Å². The highest BCUT2D eigenvalue weighted by Crippen LogP contribution is 2.09. The average Bonchev–Trinajstić information content (AvgIpc) is 2.46. The molecule has 0 aromatic carbocycles. The van der Waals surface area contributed by atoms with E-state index in [9.17, 15) is 4.79 Å². The van der Waals surface area contributed by atoms with Gasteiger partial charge in [-0.25, -0.2) is 14.8 Å². The number of rotatable bonds is 0. The predicted octanol–water partition coefficient (Wildman–Crippen LogP) is 0.667. The normalized spacial score (nSPS) is 10.5. The molecule has 2 aromatic heterocycles. The van der Waals surface area contributed by atoms with Crippen molar-refractivity contribution in [2.45, 2.75) is 6.92 Å². The minimum atomic E-state index is -0.548. The zero-order chi connectivity index (χ0) is 9.42. The van der Waals surface area contributed by atoms with Gasteiger partial charge >= 0.3 is 6.03 Å². The molecule has 0 atom stereocenters. The van der Waals surface area contributed by atoms with Crippen molar-refractivity contribution in [2.75, 3.05) is 0 Å². The molecule has 0 fully saturated rings. The highest BCUT2D eigenvalue weighted by atomic mass is 16.2. The van der Waals surface area contributed by atoms with Gasteiger partial charge in [0.2, 0.25) is 0 Å². The van der Waals surface area contributed by atoms with E-state index in [1.165, 1.54) is 4.57 Å². The predicted molar refractivity (Wildman–Crippen MR) is 47.2 cm³/mol. The molecule has 0 unspecified atom stereocenters. The fourth-order valence-corrected chi connectivity index (χ4v) is 1.18. The van der Waals surface area contributed by atoms with E-state index in [1.54, 1.807) is 18.5 Å². The van der Waals surface area contributed by atoms with Crippen LogP contribution in [0.3, 0.4) is 0 Å². The first-order valence-corrected chi connectivity index (χ1v) is 3.79. The second-order valence-corrected chi connectivity index (χ2v) is 2.74. The van der Waals surface area contributed by atoms with Gasteiger partial charge in [-0.3, -0.25) is 4.57 Å². The number of carbonyl (C=O) groups excluding carboxylic acids is 1. The van der Waals surface area contributed by atoms with Crippen LogP contribution in [0.4, 0.5) is 4.79 Å². The zero-order valence-corrected chi connectivity index (χ0v) is 7.06. The zero-order valence-electron chi connectivity index (χ0n) is 7.06. The van der Waals surface area contributed by atoms with Gasteiger partial charge in [-0.15, -0.1) is 0 Å². The van der Waals surface area contributed by atoms with E-state index in [4.69, 9.17) is 5.73 Å². The van der Waals surface area contributed by atoms with Crippen LogP contribution in [0, 0.1) is 6.92 Å². The number of amides is 1. The van der Waals surface area contributed by atoms with Gasteiger partial charge < -0.3 is 5.73 Å². The Kier molecular flexibility index (Phi) is 1.51. The van der Waals surface area contributed by atoms with Gasteiger partial charge in [-0.05, 0) is 13.0 Å². The maximum atomic E-state index is 10.9. The molecule has 0 bridgehead atoms. The molecule has 2 heterocycles. The van der Waals surface area contributed by atoms with Crippen LogP contribution in [-0.2, 0) is 0 Å². The van der Waals surface area contributed by atoms with Gasteiger partial charge in [0, 0.05) is 6.20 Å². The van der Waals surface area contributed by atoms with Crippen LogP contribution < -0.4 is 5.73 Å². The Morgan fingerprint density at radius 3 is 3.08 bits per heavy atom. The molecule has 66 valence electrons. The summed E-state index contributed by atoms with van der Waals surface area (Å²) in [6.07, 6.45) is 3.16. The highest BCUT2D eigenvalue weighted by Gasteiger charge is 2.06. The Labute approximate surface area is 74.2 Å². The number of nitrogens with zero attached hydrogens (tertiary/aromatic N) is 3. The lowest BCUT2D eigenvalue weighted by Crippen LogP contribution is -2.18. The first kappa shape index (κ1) is 7.72. The molecule has 13 heavy (non-hydrogen) atoms. The molecule has 2 N–H and O–H groups in total. The van der Waals surface area contributed by atoms with E-state index < -0.39 is 6.03 Å². The van der Waals surface area contributed by atoms with Gasteiger partial charge in [0.15, 0.2) is 5.65 Å². The van der Waals surface area contributed by atoms with Gasteiger partial charge in [0.1, 0.15) is 5.52 Å². The summed E-state index contributed by atoms with van der Waals surface area (Å²) >= 11 is 0. The number of aromatic nitrogens is 3. The van der Waals surface area contributed by atoms with Crippen molar-refractivity contribution in [2.24, 2.45) is 5.73 Å². The fourth-order valence-electron chi connectivity index (χ4n) is 1.18. The van der Waals surface area contributed by atoms with Crippen molar-refractivity contribution >= 4 is 17.2 Å². The lowest BCUT2D eigenvalue weighted by Gasteiger charge is -1.96. The Bertz CT molecular complexity index is 474. The summed E-state index contributed by atoms with van der Waals surface area (Å²) in [7, 11) is 0. The molecule has 1 amide bonds. The number of primary amides is 1. The first-order chi connectivity index (χ1) is 6.18. The molecule has 0 saturated heterocycles. The van der Waals surface area contributed by atoms with Crippen LogP contribution in [0.25, 0.3) is 11.2 Å². The van der Waals surface area contributed by atoms with Gasteiger partial charge in [-0.2, -0.15) is 0 Å². The molecule has 0 saturated carbocycles. The van der Waals surface area contributed by atoms with Gasteiger partial charge in [0.05, 0.1) is 11.9 Å². The van der Waals surface area contributed by atoms with Crippen LogP contribution in [0.1, 0.15) is 5.69 Å². The highest BCUT2D eigenvalue weighted by molar-refractivity contribution is 5.86. The van der Waals surface area contributed by atoms with Crippen LogP contribution >= 0.6 is 0 Å². The summed E-state index contributed by atoms with van der Waals surface area (Å²) in [4.78, 5) is 19.1. The molecule has 0 aliphatic heterocycles. The molecule has 0 radical (unpaired) electrons. The van der Waals surface area contributed by atoms with E-state index in [0.717, 1.165) is 5.69 Å².